The summed E-state index contributed by atoms with van der Waals surface area (Å²) in [7, 11) is 1.82. The predicted octanol–water partition coefficient (Wildman–Crippen LogP) is 1.26. The van der Waals surface area contributed by atoms with Gasteiger partial charge in [-0.05, 0) is 25.7 Å². The maximum absolute atomic E-state index is 6.05. The van der Waals surface area contributed by atoms with Gasteiger partial charge in [-0.15, -0.1) is 0 Å². The standard InChI is InChI=1S/C13H27N3O/c1-17-12-7-3-4-8-13(12,11-14)15-16-9-5-2-6-10-16/h12,15H,2-11,14H2,1H3. The fourth-order valence-corrected chi connectivity index (χ4v) is 3.28. The number of nitrogens with one attached hydrogen (secondary N) is 1. The van der Waals surface area contributed by atoms with Crippen LogP contribution in [0.2, 0.25) is 0 Å². The first-order chi connectivity index (χ1) is 8.30. The molecular formula is C13H27N3O. The lowest BCUT2D eigenvalue weighted by molar-refractivity contribution is -0.0509. The summed E-state index contributed by atoms with van der Waals surface area (Å²) in [5, 5.41) is 2.37. The topological polar surface area (TPSA) is 50.5 Å². The number of hydrogen-bond donors (Lipinski definition) is 2. The van der Waals surface area contributed by atoms with Crippen LogP contribution in [0.1, 0.15) is 44.9 Å². The average molecular weight is 241 g/mol. The van der Waals surface area contributed by atoms with Crippen molar-refractivity contribution in [1.82, 2.24) is 10.4 Å². The SMILES string of the molecule is COC1CCCCC1(CN)NN1CCCCC1. The van der Waals surface area contributed by atoms with Gasteiger partial charge in [0.25, 0.3) is 0 Å². The number of nitrogens with two attached hydrogens (primary N) is 1. The number of rotatable bonds is 4. The maximum atomic E-state index is 6.05. The van der Waals surface area contributed by atoms with E-state index in [-0.39, 0.29) is 11.6 Å². The third-order valence-electron chi connectivity index (χ3n) is 4.34. The Morgan fingerprint density at radius 1 is 1.24 bits per heavy atom. The van der Waals surface area contributed by atoms with E-state index in [2.05, 4.69) is 10.4 Å². The highest BCUT2D eigenvalue weighted by molar-refractivity contribution is 4.98. The molecule has 1 aliphatic carbocycles. The van der Waals surface area contributed by atoms with Crippen LogP contribution in [0.15, 0.2) is 0 Å². The van der Waals surface area contributed by atoms with E-state index >= 15 is 0 Å². The van der Waals surface area contributed by atoms with E-state index in [1.165, 1.54) is 32.1 Å². The van der Waals surface area contributed by atoms with Crippen LogP contribution >= 0.6 is 0 Å². The van der Waals surface area contributed by atoms with Crippen molar-refractivity contribution < 1.29 is 4.74 Å². The Bertz CT molecular complexity index is 231. The highest BCUT2D eigenvalue weighted by atomic mass is 16.5. The second-order valence-corrected chi connectivity index (χ2v) is 5.49. The molecule has 0 amide bonds. The summed E-state index contributed by atoms with van der Waals surface area (Å²) in [6, 6.07) is 0. The molecule has 1 saturated carbocycles. The Kier molecular flexibility index (Phi) is 4.79. The fourth-order valence-electron chi connectivity index (χ4n) is 3.28. The zero-order chi connectivity index (χ0) is 12.1. The molecule has 4 heteroatoms. The Hall–Kier alpha value is -0.160. The van der Waals surface area contributed by atoms with Crippen LogP contribution in [0.25, 0.3) is 0 Å². The molecule has 2 fully saturated rings. The quantitative estimate of drug-likeness (QED) is 0.778. The minimum absolute atomic E-state index is 0.0235. The predicted molar refractivity (Wildman–Crippen MR) is 69.6 cm³/mol. The second kappa shape index (κ2) is 6.14. The van der Waals surface area contributed by atoms with Crippen molar-refractivity contribution in [2.24, 2.45) is 5.73 Å². The molecule has 0 bridgehead atoms. The van der Waals surface area contributed by atoms with Crippen molar-refractivity contribution in [3.05, 3.63) is 0 Å². The van der Waals surface area contributed by atoms with E-state index in [1.807, 2.05) is 7.11 Å². The first-order valence-corrected chi connectivity index (χ1v) is 7.06. The van der Waals surface area contributed by atoms with Gasteiger partial charge in [-0.25, -0.2) is 10.4 Å². The number of hydrogen-bond acceptors (Lipinski definition) is 4. The van der Waals surface area contributed by atoms with E-state index < -0.39 is 0 Å². The molecule has 1 saturated heterocycles. The minimum atomic E-state index is -0.0235. The molecule has 17 heavy (non-hydrogen) atoms. The van der Waals surface area contributed by atoms with Crippen LogP contribution in [0.3, 0.4) is 0 Å². The van der Waals surface area contributed by atoms with Gasteiger partial charge in [-0.1, -0.05) is 19.3 Å². The third-order valence-corrected chi connectivity index (χ3v) is 4.34. The van der Waals surface area contributed by atoms with Crippen molar-refractivity contribution in [1.29, 1.82) is 0 Å². The Balaban J connectivity index is 2.00. The molecule has 0 aromatic heterocycles. The molecule has 0 spiro atoms. The molecule has 0 radical (unpaired) electrons. The van der Waals surface area contributed by atoms with E-state index in [4.69, 9.17) is 10.5 Å². The molecule has 0 aromatic carbocycles. The first kappa shape index (κ1) is 13.3. The van der Waals surface area contributed by atoms with Gasteiger partial charge < -0.3 is 10.5 Å². The zero-order valence-electron chi connectivity index (χ0n) is 11.1. The summed E-state index contributed by atoms with van der Waals surface area (Å²) >= 11 is 0. The summed E-state index contributed by atoms with van der Waals surface area (Å²) in [5.74, 6) is 0. The van der Waals surface area contributed by atoms with Gasteiger partial charge in [-0.2, -0.15) is 0 Å². The molecule has 0 aromatic rings. The van der Waals surface area contributed by atoms with E-state index in [0.717, 1.165) is 25.9 Å². The molecule has 2 atom stereocenters. The monoisotopic (exact) mass is 241 g/mol. The number of methoxy groups -OCH3 is 1. The van der Waals surface area contributed by atoms with Crippen molar-refractivity contribution >= 4 is 0 Å². The molecular weight excluding hydrogens is 214 g/mol. The first-order valence-electron chi connectivity index (χ1n) is 7.06. The summed E-state index contributed by atoms with van der Waals surface area (Å²) in [4.78, 5) is 0. The molecule has 2 rings (SSSR count). The highest BCUT2D eigenvalue weighted by Crippen LogP contribution is 2.30. The van der Waals surface area contributed by atoms with Crippen LogP contribution in [-0.4, -0.2) is 43.4 Å². The zero-order valence-corrected chi connectivity index (χ0v) is 11.1. The summed E-state index contributed by atoms with van der Waals surface area (Å²) in [5.41, 5.74) is 9.73. The molecule has 2 aliphatic rings. The molecule has 3 N–H and O–H groups in total. The number of nitrogens with zero attached hydrogens (tertiary/aromatic N) is 1. The molecule has 1 aliphatic heterocycles. The largest absolute Gasteiger partial charge is 0.379 e. The number of ether oxygens (including phenoxy) is 1. The lowest BCUT2D eigenvalue weighted by Gasteiger charge is -2.47. The van der Waals surface area contributed by atoms with Crippen LogP contribution in [-0.2, 0) is 4.74 Å². The summed E-state index contributed by atoms with van der Waals surface area (Å²) in [6.45, 7) is 2.97. The summed E-state index contributed by atoms with van der Waals surface area (Å²) < 4.78 is 5.67. The smallest absolute Gasteiger partial charge is 0.0778 e. The molecule has 4 nitrogen and oxygen atoms in total. The highest BCUT2D eigenvalue weighted by Gasteiger charge is 2.41. The van der Waals surface area contributed by atoms with Gasteiger partial charge in [-0.3, -0.25) is 0 Å². The molecule has 1 heterocycles. The van der Waals surface area contributed by atoms with Crippen molar-refractivity contribution in [2.45, 2.75) is 56.6 Å². The Morgan fingerprint density at radius 2 is 2.00 bits per heavy atom. The Morgan fingerprint density at radius 3 is 2.65 bits per heavy atom. The summed E-state index contributed by atoms with van der Waals surface area (Å²) in [6.07, 6.45) is 9.02. The van der Waals surface area contributed by atoms with Gasteiger partial charge in [0, 0.05) is 26.7 Å². The molecule has 2 unspecified atom stereocenters. The van der Waals surface area contributed by atoms with Crippen molar-refractivity contribution in [2.75, 3.05) is 26.7 Å². The second-order valence-electron chi connectivity index (χ2n) is 5.49. The Labute approximate surface area is 105 Å². The van der Waals surface area contributed by atoms with Crippen molar-refractivity contribution in [3.8, 4) is 0 Å². The van der Waals surface area contributed by atoms with Crippen LogP contribution in [0.4, 0.5) is 0 Å². The van der Waals surface area contributed by atoms with Crippen LogP contribution in [0.5, 0.6) is 0 Å². The number of hydrazine groups is 1. The lowest BCUT2D eigenvalue weighted by Crippen LogP contribution is -2.66. The van der Waals surface area contributed by atoms with Crippen LogP contribution in [0, 0.1) is 0 Å². The van der Waals surface area contributed by atoms with Crippen molar-refractivity contribution in [3.63, 3.8) is 0 Å². The van der Waals surface area contributed by atoms with Crippen LogP contribution < -0.4 is 11.2 Å². The van der Waals surface area contributed by atoms with Gasteiger partial charge in [0.1, 0.15) is 0 Å². The number of piperidine rings is 1. The van der Waals surface area contributed by atoms with Gasteiger partial charge >= 0.3 is 0 Å². The molecule has 100 valence electrons. The lowest BCUT2D eigenvalue weighted by atomic mass is 9.79. The van der Waals surface area contributed by atoms with Gasteiger partial charge in [0.2, 0.25) is 0 Å². The van der Waals surface area contributed by atoms with E-state index in [0.29, 0.717) is 6.54 Å². The fraction of sp³-hybridized carbons (Fsp3) is 1.00. The maximum Gasteiger partial charge on any atom is 0.0778 e. The van der Waals surface area contributed by atoms with Gasteiger partial charge in [0.05, 0.1) is 11.6 Å². The normalized spacial score (nSPS) is 36.0. The average Bonchev–Trinajstić information content (AvgIpc) is 2.40. The van der Waals surface area contributed by atoms with E-state index in [1.54, 1.807) is 0 Å². The minimum Gasteiger partial charge on any atom is -0.379 e. The van der Waals surface area contributed by atoms with Gasteiger partial charge in [0.15, 0.2) is 0 Å². The third kappa shape index (κ3) is 2.99. The van der Waals surface area contributed by atoms with E-state index in [9.17, 15) is 0 Å².